The topological polar surface area (TPSA) is 43.4 Å². The van der Waals surface area contributed by atoms with E-state index in [9.17, 15) is 8.42 Å². The summed E-state index contributed by atoms with van der Waals surface area (Å²) >= 11 is 0. The quantitative estimate of drug-likeness (QED) is 0.676. The second-order valence-electron chi connectivity index (χ2n) is 4.92. The van der Waals surface area contributed by atoms with Crippen molar-refractivity contribution in [2.75, 3.05) is 0 Å². The monoisotopic (exact) mass is 284 g/mol. The molecule has 0 aliphatic heterocycles. The van der Waals surface area contributed by atoms with Crippen LogP contribution in [0.5, 0.6) is 0 Å². The normalized spacial score (nSPS) is 13.4. The van der Waals surface area contributed by atoms with Gasteiger partial charge in [0.15, 0.2) is 0 Å². The van der Waals surface area contributed by atoms with Gasteiger partial charge in [0.1, 0.15) is 0 Å². The van der Waals surface area contributed by atoms with Gasteiger partial charge in [0.2, 0.25) is 0 Å². The van der Waals surface area contributed by atoms with Gasteiger partial charge in [-0.3, -0.25) is 4.18 Å². The van der Waals surface area contributed by atoms with Crippen LogP contribution in [0.1, 0.15) is 51.5 Å². The summed E-state index contributed by atoms with van der Waals surface area (Å²) in [6, 6.07) is 6.79. The zero-order valence-electron chi connectivity index (χ0n) is 12.1. The van der Waals surface area contributed by atoms with E-state index in [-0.39, 0.29) is 11.0 Å². The van der Waals surface area contributed by atoms with E-state index in [0.717, 1.165) is 37.7 Å². The van der Waals surface area contributed by atoms with Crippen molar-refractivity contribution in [1.82, 2.24) is 0 Å². The van der Waals surface area contributed by atoms with Crippen LogP contribution in [0.15, 0.2) is 29.2 Å². The van der Waals surface area contributed by atoms with Crippen molar-refractivity contribution in [3.63, 3.8) is 0 Å². The third-order valence-electron chi connectivity index (χ3n) is 3.06. The van der Waals surface area contributed by atoms with Gasteiger partial charge >= 0.3 is 0 Å². The van der Waals surface area contributed by atoms with Gasteiger partial charge in [-0.15, -0.1) is 0 Å². The number of hydrogen-bond donors (Lipinski definition) is 0. The van der Waals surface area contributed by atoms with Crippen LogP contribution in [0.3, 0.4) is 0 Å². The van der Waals surface area contributed by atoms with Crippen molar-refractivity contribution >= 4 is 10.1 Å². The largest absolute Gasteiger partial charge is 0.297 e. The van der Waals surface area contributed by atoms with Crippen LogP contribution in [-0.2, 0) is 14.3 Å². The molecule has 0 unspecified atom stereocenters. The number of unbranched alkanes of at least 4 members (excludes halogenated alkanes) is 1. The molecule has 0 fully saturated rings. The Labute approximate surface area is 117 Å². The van der Waals surface area contributed by atoms with Crippen LogP contribution in [0, 0.1) is 6.92 Å². The Balaban J connectivity index is 2.78. The van der Waals surface area contributed by atoms with Gasteiger partial charge in [-0.05, 0) is 31.9 Å². The number of rotatable bonds is 8. The number of hydrogen-bond acceptors (Lipinski definition) is 3. The molecule has 0 aromatic heterocycles. The summed E-state index contributed by atoms with van der Waals surface area (Å²) in [6.07, 6.45) is 4.36. The van der Waals surface area contributed by atoms with Gasteiger partial charge in [-0.1, -0.05) is 50.8 Å². The molecule has 108 valence electrons. The molecule has 0 aliphatic carbocycles. The predicted octanol–water partition coefficient (Wildman–Crippen LogP) is 4.06. The summed E-state index contributed by atoms with van der Waals surface area (Å²) in [5.74, 6) is 0. The molecule has 4 heteroatoms. The summed E-state index contributed by atoms with van der Waals surface area (Å²) in [4.78, 5) is 0.246. The van der Waals surface area contributed by atoms with E-state index in [0.29, 0.717) is 0 Å². The summed E-state index contributed by atoms with van der Waals surface area (Å²) in [6.45, 7) is 6.07. The maximum Gasteiger partial charge on any atom is 0.297 e. The lowest BCUT2D eigenvalue weighted by molar-refractivity contribution is 0.184. The van der Waals surface area contributed by atoms with Crippen LogP contribution >= 0.6 is 0 Å². The average molecular weight is 284 g/mol. The number of benzene rings is 1. The van der Waals surface area contributed by atoms with Gasteiger partial charge in [0.25, 0.3) is 10.1 Å². The van der Waals surface area contributed by atoms with E-state index < -0.39 is 10.1 Å². The molecular formula is C15H24O3S. The summed E-state index contributed by atoms with van der Waals surface area (Å²) in [7, 11) is -3.63. The van der Waals surface area contributed by atoms with Crippen molar-refractivity contribution in [3.05, 3.63) is 29.8 Å². The molecule has 0 heterocycles. The lowest BCUT2D eigenvalue weighted by Crippen LogP contribution is -2.18. The third-order valence-corrected chi connectivity index (χ3v) is 4.44. The highest BCUT2D eigenvalue weighted by Gasteiger charge is 2.20. The van der Waals surface area contributed by atoms with E-state index in [1.807, 2.05) is 13.8 Å². The molecule has 19 heavy (non-hydrogen) atoms. The SMILES string of the molecule is CCCC[C@H](CCC)OS(=O)(=O)c1ccc(C)cc1. The molecule has 0 aliphatic rings. The molecular weight excluding hydrogens is 260 g/mol. The van der Waals surface area contributed by atoms with Crippen molar-refractivity contribution in [1.29, 1.82) is 0 Å². The van der Waals surface area contributed by atoms with Gasteiger partial charge < -0.3 is 0 Å². The maximum absolute atomic E-state index is 12.2. The molecule has 0 radical (unpaired) electrons. The number of aryl methyl sites for hydroxylation is 1. The minimum Gasteiger partial charge on any atom is -0.263 e. The Morgan fingerprint density at radius 1 is 1.05 bits per heavy atom. The Bertz CT molecular complexity index is 463. The first-order valence-corrected chi connectivity index (χ1v) is 8.40. The molecule has 1 atom stereocenters. The van der Waals surface area contributed by atoms with E-state index in [4.69, 9.17) is 4.18 Å². The average Bonchev–Trinajstić information content (AvgIpc) is 2.36. The van der Waals surface area contributed by atoms with Crippen molar-refractivity contribution in [2.24, 2.45) is 0 Å². The van der Waals surface area contributed by atoms with Gasteiger partial charge in [-0.25, -0.2) is 0 Å². The Kier molecular flexibility index (Phi) is 6.52. The molecule has 0 saturated carbocycles. The lowest BCUT2D eigenvalue weighted by atomic mass is 10.1. The van der Waals surface area contributed by atoms with E-state index in [1.54, 1.807) is 24.3 Å². The molecule has 0 amide bonds. The first kappa shape index (κ1) is 16.2. The standard InChI is InChI=1S/C15H24O3S/c1-4-6-8-14(7-5-2)18-19(16,17)15-11-9-13(3)10-12-15/h9-12,14H,4-8H2,1-3H3/t14-/m0/s1. The molecule has 1 rings (SSSR count). The van der Waals surface area contributed by atoms with Gasteiger partial charge in [-0.2, -0.15) is 8.42 Å². The van der Waals surface area contributed by atoms with Gasteiger partial charge in [0, 0.05) is 0 Å². The highest BCUT2D eigenvalue weighted by Crippen LogP contribution is 2.20. The highest BCUT2D eigenvalue weighted by molar-refractivity contribution is 7.86. The molecule has 1 aromatic carbocycles. The van der Waals surface area contributed by atoms with Crippen molar-refractivity contribution in [3.8, 4) is 0 Å². The Morgan fingerprint density at radius 3 is 2.21 bits per heavy atom. The van der Waals surface area contributed by atoms with Crippen LogP contribution < -0.4 is 0 Å². The van der Waals surface area contributed by atoms with Crippen molar-refractivity contribution < 1.29 is 12.6 Å². The second-order valence-corrected chi connectivity index (χ2v) is 6.49. The fourth-order valence-electron chi connectivity index (χ4n) is 1.93. The zero-order valence-corrected chi connectivity index (χ0v) is 12.9. The third kappa shape index (κ3) is 5.33. The molecule has 1 aromatic rings. The minimum atomic E-state index is -3.63. The van der Waals surface area contributed by atoms with E-state index in [1.165, 1.54) is 0 Å². The molecule has 0 saturated heterocycles. The predicted molar refractivity (Wildman–Crippen MR) is 77.7 cm³/mol. The Hall–Kier alpha value is -0.870. The van der Waals surface area contributed by atoms with E-state index >= 15 is 0 Å². The molecule has 3 nitrogen and oxygen atoms in total. The lowest BCUT2D eigenvalue weighted by Gasteiger charge is -2.16. The molecule has 0 spiro atoms. The molecule has 0 N–H and O–H groups in total. The maximum atomic E-state index is 12.2. The smallest absolute Gasteiger partial charge is 0.263 e. The second kappa shape index (κ2) is 7.65. The fraction of sp³-hybridized carbons (Fsp3) is 0.600. The zero-order chi connectivity index (χ0) is 14.3. The van der Waals surface area contributed by atoms with Crippen LogP contribution in [-0.4, -0.2) is 14.5 Å². The Morgan fingerprint density at radius 2 is 1.68 bits per heavy atom. The highest BCUT2D eigenvalue weighted by atomic mass is 32.2. The summed E-state index contributed by atoms with van der Waals surface area (Å²) < 4.78 is 29.7. The van der Waals surface area contributed by atoms with E-state index in [2.05, 4.69) is 6.92 Å². The molecule has 0 bridgehead atoms. The van der Waals surface area contributed by atoms with Gasteiger partial charge in [0.05, 0.1) is 11.0 Å². The first-order chi connectivity index (χ1) is 8.99. The van der Waals surface area contributed by atoms with Crippen LogP contribution in [0.25, 0.3) is 0 Å². The summed E-state index contributed by atoms with van der Waals surface area (Å²) in [5.41, 5.74) is 1.04. The van der Waals surface area contributed by atoms with Crippen LogP contribution in [0.2, 0.25) is 0 Å². The summed E-state index contributed by atoms with van der Waals surface area (Å²) in [5, 5.41) is 0. The first-order valence-electron chi connectivity index (χ1n) is 6.99. The van der Waals surface area contributed by atoms with Crippen molar-refractivity contribution in [2.45, 2.75) is 63.9 Å². The van der Waals surface area contributed by atoms with Crippen LogP contribution in [0.4, 0.5) is 0 Å². The fourth-order valence-corrected chi connectivity index (χ4v) is 3.07. The minimum absolute atomic E-state index is 0.198.